The third-order valence-corrected chi connectivity index (χ3v) is 15.0. The van der Waals surface area contributed by atoms with E-state index in [1.807, 2.05) is 12.1 Å². The van der Waals surface area contributed by atoms with E-state index < -0.39 is 68.6 Å². The van der Waals surface area contributed by atoms with E-state index in [-0.39, 0.29) is 139 Å². The fourth-order valence-electron chi connectivity index (χ4n) is 6.70. The van der Waals surface area contributed by atoms with Gasteiger partial charge in [0, 0.05) is 21.9 Å². The molecule has 328 valence electrons. The summed E-state index contributed by atoms with van der Waals surface area (Å²) in [6, 6.07) is 18.0. The summed E-state index contributed by atoms with van der Waals surface area (Å²) < 4.78 is 0. The molecule has 4 aliphatic heterocycles. The van der Waals surface area contributed by atoms with Gasteiger partial charge >= 0.3 is 71.1 Å². The molecule has 0 bridgehead atoms. The molecule has 0 radical (unpaired) electrons. The van der Waals surface area contributed by atoms with Gasteiger partial charge in [0.1, 0.15) is 41.2 Å². The van der Waals surface area contributed by atoms with Gasteiger partial charge in [-0.25, -0.2) is 9.97 Å². The van der Waals surface area contributed by atoms with Gasteiger partial charge in [0.2, 0.25) is 11.8 Å². The predicted molar refractivity (Wildman–Crippen MR) is 237 cm³/mol. The molecule has 0 spiro atoms. The van der Waals surface area contributed by atoms with Gasteiger partial charge in [-0.3, -0.25) is 38.6 Å². The maximum atomic E-state index is 12.7. The maximum absolute atomic E-state index is 12.7. The molecule has 4 atom stereocenters. The number of thioether (sulfide) groups is 2. The molecule has 4 aliphatic rings. The van der Waals surface area contributed by atoms with Crippen LogP contribution in [0.4, 0.5) is 0 Å². The Balaban J connectivity index is 0.000000240. The van der Waals surface area contributed by atoms with Crippen molar-refractivity contribution in [3.05, 3.63) is 115 Å². The van der Waals surface area contributed by atoms with Crippen LogP contribution in [-0.4, -0.2) is 109 Å². The van der Waals surface area contributed by atoms with Crippen molar-refractivity contribution in [2.75, 3.05) is 0 Å². The van der Waals surface area contributed by atoms with Gasteiger partial charge in [-0.05, 0) is 11.1 Å². The summed E-state index contributed by atoms with van der Waals surface area (Å²) in [5.41, 5.74) is 1.30. The number of benzene rings is 2. The Kier molecular flexibility index (Phi) is 18.2. The Hall–Kier alpha value is -4.18. The van der Waals surface area contributed by atoms with Crippen LogP contribution >= 0.6 is 70.6 Å². The first-order valence-corrected chi connectivity index (χ1v) is 22.9. The number of carbonyl (C=O) groups is 8. The minimum atomic E-state index is -1.61. The number of hydrogen-bond acceptors (Lipinski definition) is 18. The van der Waals surface area contributed by atoms with E-state index in [0.29, 0.717) is 0 Å². The van der Waals surface area contributed by atoms with Crippen molar-refractivity contribution in [2.45, 2.75) is 47.2 Å². The molecule has 0 saturated carbocycles. The number of β-lactam (4-membered cyclic amide) rings is 2. The van der Waals surface area contributed by atoms with E-state index in [9.17, 15) is 48.6 Å². The molecule has 0 aliphatic carbocycles. The average Bonchev–Trinajstić information content (AvgIpc) is 3.91. The number of amides is 4. The molecule has 6 heterocycles. The minimum Gasteiger partial charge on any atom is -0.543 e. The number of carboxylic acids is 4. The first kappa shape index (κ1) is 52.8. The van der Waals surface area contributed by atoms with Gasteiger partial charge in [-0.15, -0.1) is 46.2 Å². The van der Waals surface area contributed by atoms with Crippen LogP contribution in [-0.2, 0) is 64.0 Å². The van der Waals surface area contributed by atoms with Crippen LogP contribution in [0.3, 0.4) is 0 Å². The van der Waals surface area contributed by atoms with Gasteiger partial charge < -0.3 is 40.6 Å². The molecule has 2 unspecified atom stereocenters. The molecule has 66 heavy (non-hydrogen) atoms. The van der Waals surface area contributed by atoms with Crippen LogP contribution in [0.2, 0.25) is 0 Å². The first-order chi connectivity index (χ1) is 30.5. The number of rotatable bonds is 14. The van der Waals surface area contributed by atoms with Crippen molar-refractivity contribution in [2.24, 2.45) is 0 Å². The molecular weight excluding hydrogens is 995 g/mol. The van der Waals surface area contributed by atoms with Crippen LogP contribution in [0.1, 0.15) is 32.5 Å². The predicted octanol–water partition coefficient (Wildman–Crippen LogP) is -5.59. The molecule has 18 nitrogen and oxygen atoms in total. The normalized spacial score (nSPS) is 19.3. The van der Waals surface area contributed by atoms with Crippen LogP contribution < -0.4 is 80.0 Å². The van der Waals surface area contributed by atoms with Crippen molar-refractivity contribution < 1.29 is 118 Å². The summed E-state index contributed by atoms with van der Waals surface area (Å²) >= 11 is 14.4. The van der Waals surface area contributed by atoms with E-state index in [0.717, 1.165) is 67.1 Å². The summed E-state index contributed by atoms with van der Waals surface area (Å²) in [5, 5.41) is 47.8. The molecule has 4 N–H and O–H groups in total. The van der Waals surface area contributed by atoms with Crippen molar-refractivity contribution in [3.63, 3.8) is 0 Å². The monoisotopic (exact) mass is 1020 g/mol. The summed E-state index contributed by atoms with van der Waals surface area (Å²) in [5.74, 6) is -7.38. The number of hydrogen-bond donors (Lipinski definition) is 4. The second-order valence-corrected chi connectivity index (χ2v) is 18.8. The molecular formula is C40H28N6Na2O12S6. The maximum Gasteiger partial charge on any atom is 1.00 e. The fraction of sp³-hybridized carbons (Fsp3) is 0.200. The zero-order chi connectivity index (χ0) is 46.0. The summed E-state index contributed by atoms with van der Waals surface area (Å²) in [7, 11) is 0. The van der Waals surface area contributed by atoms with Gasteiger partial charge in [0.15, 0.2) is 0 Å². The van der Waals surface area contributed by atoms with Crippen molar-refractivity contribution >= 4 is 139 Å². The first-order valence-electron chi connectivity index (χ1n) is 18.5. The van der Waals surface area contributed by atoms with E-state index in [2.05, 4.69) is 20.6 Å². The van der Waals surface area contributed by atoms with Crippen LogP contribution in [0, 0.1) is 0 Å². The zero-order valence-corrected chi connectivity index (χ0v) is 43.2. The van der Waals surface area contributed by atoms with Crippen LogP contribution in [0.5, 0.6) is 0 Å². The summed E-state index contributed by atoms with van der Waals surface area (Å²) in [6.45, 7) is 0. The quantitative estimate of drug-likeness (QED) is 0.0521. The van der Waals surface area contributed by atoms with Gasteiger partial charge in [0.25, 0.3) is 11.8 Å². The van der Waals surface area contributed by atoms with Crippen molar-refractivity contribution in [1.82, 2.24) is 30.4 Å². The summed E-state index contributed by atoms with van der Waals surface area (Å²) in [6.07, 6.45) is -0.576. The number of carbonyl (C=O) groups excluding carboxylic acids is 6. The molecule has 2 fully saturated rings. The van der Waals surface area contributed by atoms with Gasteiger partial charge in [-0.2, -0.15) is 0 Å². The Bertz CT molecular complexity index is 2550. The number of fused-ring (bicyclic) bond motifs is 2. The Labute approximate surface area is 445 Å². The third kappa shape index (κ3) is 11.6. The van der Waals surface area contributed by atoms with Gasteiger partial charge in [-0.1, -0.05) is 85.1 Å². The molecule has 2 aromatic carbocycles. The Morgan fingerprint density at radius 3 is 1.27 bits per heavy atom. The minimum absolute atomic E-state index is 0. The number of aliphatic carboxylic acids is 4. The molecule has 2 aromatic heterocycles. The average molecular weight is 1020 g/mol. The number of carboxylic acid groups (broad SMARTS) is 4. The second-order valence-electron chi connectivity index (χ2n) is 13.8. The van der Waals surface area contributed by atoms with Crippen molar-refractivity contribution in [3.8, 4) is 0 Å². The number of thiocarbonyl (C=S) groups is 2. The van der Waals surface area contributed by atoms with Crippen LogP contribution in [0.25, 0.3) is 11.1 Å². The van der Waals surface area contributed by atoms with Crippen LogP contribution in [0.15, 0.2) is 82.8 Å². The fourth-order valence-corrected chi connectivity index (χ4v) is 12.1. The zero-order valence-electron chi connectivity index (χ0n) is 34.3. The SMILES string of the molecule is O=C(O)Cc1csc(C2=C(C(=O)[O-])N3C(=O)C(=S)[C@@H]3SC2NC(=O)Cc2ccccc2)n1.O=C(O)Cc1csc(C2=C(C(=O)[O-])N3C(=O)C(=S)[C@@H]3SC2NC(=O)Cc2ccccc2)n1.[Na+].[Na+]. The number of nitrogens with one attached hydrogen (secondary N) is 2. The molecule has 4 amide bonds. The van der Waals surface area contributed by atoms with Gasteiger partial charge in [0.05, 0.1) is 60.4 Å². The van der Waals surface area contributed by atoms with E-state index in [4.69, 9.17) is 34.6 Å². The van der Waals surface area contributed by atoms with Crippen molar-refractivity contribution in [1.29, 1.82) is 0 Å². The number of aromatic nitrogens is 2. The second kappa shape index (κ2) is 22.7. The summed E-state index contributed by atoms with van der Waals surface area (Å²) in [4.78, 5) is 107. The number of thiazole rings is 2. The Morgan fingerprint density at radius 2 is 0.955 bits per heavy atom. The topological polar surface area (TPSA) is 279 Å². The third-order valence-electron chi connectivity index (χ3n) is 9.44. The largest absolute Gasteiger partial charge is 1.00 e. The molecule has 26 heteroatoms. The van der Waals surface area contributed by atoms with E-state index in [1.54, 1.807) is 48.5 Å². The van der Waals surface area contributed by atoms with E-state index in [1.165, 1.54) is 10.8 Å². The van der Waals surface area contributed by atoms with E-state index >= 15 is 0 Å². The smallest absolute Gasteiger partial charge is 0.543 e. The molecule has 2 saturated heterocycles. The number of nitrogens with zero attached hydrogens (tertiary/aromatic N) is 4. The molecule has 8 rings (SSSR count). The molecule has 4 aromatic rings. The standard InChI is InChI=1S/2C20H15N3O6S3.2Na/c2*24-11(6-9-4-2-1-3-5-9)22-17-13(16-21-10(8-31-16)7-12(25)26)14(20(28)29)23-18(27)15(30)19(23)32-17;;/h2*1-5,8,17,19H,6-7H2,(H,22,24)(H,25,26)(H,28,29);;/q;;2*+1/p-2/t2*17?,19-;;/m00../s1. The Morgan fingerprint density at radius 1 is 0.606 bits per heavy atom.